The van der Waals surface area contributed by atoms with Crippen LogP contribution in [0.25, 0.3) is 11.3 Å². The third kappa shape index (κ3) is 3.74. The van der Waals surface area contributed by atoms with E-state index in [-0.39, 0.29) is 11.8 Å². The SMILES string of the molecule is CC#Cc1ccc(-c2ccc(O[C@H]3C[C@@H]4CCC[C@@H](N4)[C@H]3F)nn2)c(O)c1. The minimum Gasteiger partial charge on any atom is -0.507 e. The molecular weight excluding hydrogens is 345 g/mol. The van der Waals surface area contributed by atoms with E-state index in [9.17, 15) is 9.50 Å². The number of halogens is 1. The zero-order chi connectivity index (χ0) is 18.8. The van der Waals surface area contributed by atoms with E-state index in [1.165, 1.54) is 0 Å². The van der Waals surface area contributed by atoms with Gasteiger partial charge in [-0.3, -0.25) is 0 Å². The second kappa shape index (κ2) is 7.53. The zero-order valence-corrected chi connectivity index (χ0v) is 15.2. The second-order valence-electron chi connectivity index (χ2n) is 7.10. The maximum absolute atomic E-state index is 14.6. The molecule has 4 rings (SSSR count). The van der Waals surface area contributed by atoms with E-state index in [1.807, 2.05) is 6.07 Å². The lowest BCUT2D eigenvalue weighted by Gasteiger charge is -2.42. The molecule has 1 aromatic heterocycles. The number of alkyl halides is 1. The first-order chi connectivity index (χ1) is 13.1. The minimum absolute atomic E-state index is 0.0909. The van der Waals surface area contributed by atoms with E-state index >= 15 is 0 Å². The van der Waals surface area contributed by atoms with Crippen LogP contribution in [0, 0.1) is 11.8 Å². The van der Waals surface area contributed by atoms with Crippen molar-refractivity contribution >= 4 is 0 Å². The number of aromatic hydroxyl groups is 1. The Morgan fingerprint density at radius 1 is 1.22 bits per heavy atom. The second-order valence-corrected chi connectivity index (χ2v) is 7.10. The summed E-state index contributed by atoms with van der Waals surface area (Å²) in [6.07, 6.45) is 2.07. The summed E-state index contributed by atoms with van der Waals surface area (Å²) < 4.78 is 20.4. The maximum Gasteiger partial charge on any atom is 0.233 e. The van der Waals surface area contributed by atoms with Gasteiger partial charge in [-0.2, -0.15) is 0 Å². The quantitative estimate of drug-likeness (QED) is 0.816. The lowest BCUT2D eigenvalue weighted by Crippen LogP contribution is -2.59. The van der Waals surface area contributed by atoms with Crippen LogP contribution < -0.4 is 10.1 Å². The smallest absolute Gasteiger partial charge is 0.233 e. The number of nitrogens with zero attached hydrogens (tertiary/aromatic N) is 2. The van der Waals surface area contributed by atoms with E-state index in [0.717, 1.165) is 24.8 Å². The first-order valence-electron chi connectivity index (χ1n) is 9.30. The summed E-state index contributed by atoms with van der Waals surface area (Å²) in [6, 6.07) is 8.75. The Hall–Kier alpha value is -2.65. The Morgan fingerprint density at radius 3 is 2.85 bits per heavy atom. The monoisotopic (exact) mass is 367 g/mol. The number of phenols is 1. The van der Waals surface area contributed by atoms with Gasteiger partial charge < -0.3 is 15.2 Å². The van der Waals surface area contributed by atoms with Crippen molar-refractivity contribution in [1.29, 1.82) is 0 Å². The van der Waals surface area contributed by atoms with Crippen molar-refractivity contribution in [3.8, 4) is 34.7 Å². The van der Waals surface area contributed by atoms with Gasteiger partial charge in [0.25, 0.3) is 0 Å². The molecule has 3 heterocycles. The molecule has 2 aliphatic heterocycles. The first-order valence-corrected chi connectivity index (χ1v) is 9.30. The summed E-state index contributed by atoms with van der Waals surface area (Å²) in [4.78, 5) is 0. The molecule has 0 saturated carbocycles. The van der Waals surface area contributed by atoms with E-state index in [1.54, 1.807) is 31.2 Å². The molecule has 0 amide bonds. The first kappa shape index (κ1) is 17.7. The van der Waals surface area contributed by atoms with E-state index in [4.69, 9.17) is 4.74 Å². The molecule has 2 bridgehead atoms. The van der Waals surface area contributed by atoms with Crippen LogP contribution in [0.15, 0.2) is 30.3 Å². The van der Waals surface area contributed by atoms with Crippen molar-refractivity contribution in [2.24, 2.45) is 0 Å². The normalized spacial score (nSPS) is 26.7. The summed E-state index contributed by atoms with van der Waals surface area (Å²) in [5, 5.41) is 21.8. The molecule has 0 spiro atoms. The number of phenolic OH excluding ortho intramolecular Hbond substituents is 1. The van der Waals surface area contributed by atoms with Gasteiger partial charge in [0.2, 0.25) is 5.88 Å². The van der Waals surface area contributed by atoms with Crippen LogP contribution in [0.3, 0.4) is 0 Å². The lowest BCUT2D eigenvalue weighted by atomic mass is 9.84. The Morgan fingerprint density at radius 2 is 2.11 bits per heavy atom. The molecule has 2 fully saturated rings. The van der Waals surface area contributed by atoms with Crippen molar-refractivity contribution in [1.82, 2.24) is 15.5 Å². The number of rotatable bonds is 3. The number of hydrogen-bond donors (Lipinski definition) is 2. The number of fused-ring (bicyclic) bond motifs is 2. The van der Waals surface area contributed by atoms with Gasteiger partial charge in [-0.05, 0) is 44.0 Å². The predicted octanol–water partition coefficient (Wildman–Crippen LogP) is 3.22. The number of benzene rings is 1. The van der Waals surface area contributed by atoms with Crippen LogP contribution in [0.1, 0.15) is 38.2 Å². The zero-order valence-electron chi connectivity index (χ0n) is 15.2. The molecule has 2 aliphatic rings. The molecular formula is C21H22FN3O2. The van der Waals surface area contributed by atoms with Crippen LogP contribution in [-0.4, -0.2) is 39.7 Å². The van der Waals surface area contributed by atoms with Gasteiger partial charge in [0.05, 0.1) is 5.69 Å². The van der Waals surface area contributed by atoms with Crippen molar-refractivity contribution in [2.75, 3.05) is 0 Å². The topological polar surface area (TPSA) is 67.3 Å². The standard InChI is InChI=1S/C21H22FN3O2/c1-2-4-13-7-8-15(18(26)11-13)16-9-10-20(25-24-16)27-19-12-14-5-3-6-17(23-14)21(19)22/h7-11,14,17,19,21,23,26H,3,5-6,12H2,1H3/t14-,17+,19-,21+/m0/s1. The van der Waals surface area contributed by atoms with Crippen LogP contribution >= 0.6 is 0 Å². The van der Waals surface area contributed by atoms with Crippen LogP contribution in [-0.2, 0) is 0 Å². The highest BCUT2D eigenvalue weighted by atomic mass is 19.1. The number of nitrogens with one attached hydrogen (secondary N) is 1. The highest BCUT2D eigenvalue weighted by molar-refractivity contribution is 5.68. The van der Waals surface area contributed by atoms with Crippen molar-refractivity contribution in [3.05, 3.63) is 35.9 Å². The molecule has 140 valence electrons. The molecule has 0 unspecified atom stereocenters. The van der Waals surface area contributed by atoms with Crippen LogP contribution in [0.2, 0.25) is 0 Å². The van der Waals surface area contributed by atoms with Gasteiger partial charge in [0, 0.05) is 35.7 Å². The highest BCUT2D eigenvalue weighted by Crippen LogP contribution is 2.31. The lowest BCUT2D eigenvalue weighted by molar-refractivity contribution is 0.00652. The molecule has 2 aromatic rings. The minimum atomic E-state index is -1.04. The van der Waals surface area contributed by atoms with Crippen molar-refractivity contribution in [2.45, 2.75) is 57.0 Å². The maximum atomic E-state index is 14.6. The van der Waals surface area contributed by atoms with Crippen LogP contribution in [0.4, 0.5) is 4.39 Å². The number of hydrogen-bond acceptors (Lipinski definition) is 5. The Kier molecular flexibility index (Phi) is 4.95. The summed E-state index contributed by atoms with van der Waals surface area (Å²) in [5.74, 6) is 6.09. The number of ether oxygens (including phenoxy) is 1. The molecule has 5 nitrogen and oxygen atoms in total. The molecule has 27 heavy (non-hydrogen) atoms. The number of aromatic nitrogens is 2. The summed E-state index contributed by atoms with van der Waals surface area (Å²) in [5.41, 5.74) is 1.82. The molecule has 0 radical (unpaired) electrons. The fourth-order valence-corrected chi connectivity index (χ4v) is 3.93. The Labute approximate surface area is 158 Å². The summed E-state index contributed by atoms with van der Waals surface area (Å²) in [6.45, 7) is 1.74. The predicted molar refractivity (Wildman–Crippen MR) is 100 cm³/mol. The average molecular weight is 367 g/mol. The summed E-state index contributed by atoms with van der Waals surface area (Å²) >= 11 is 0. The van der Waals surface area contributed by atoms with E-state index < -0.39 is 12.3 Å². The van der Waals surface area contributed by atoms with Gasteiger partial charge in [-0.1, -0.05) is 12.3 Å². The third-order valence-electron chi connectivity index (χ3n) is 5.23. The van der Waals surface area contributed by atoms with Crippen molar-refractivity contribution < 1.29 is 14.2 Å². The molecule has 4 atom stereocenters. The third-order valence-corrected chi connectivity index (χ3v) is 5.23. The highest BCUT2D eigenvalue weighted by Gasteiger charge is 2.41. The van der Waals surface area contributed by atoms with Gasteiger partial charge in [0.1, 0.15) is 11.9 Å². The van der Waals surface area contributed by atoms with Gasteiger partial charge in [0.15, 0.2) is 6.17 Å². The Bertz CT molecular complexity index is 875. The largest absolute Gasteiger partial charge is 0.507 e. The van der Waals surface area contributed by atoms with E-state index in [0.29, 0.717) is 29.6 Å². The number of piperidine rings is 2. The van der Waals surface area contributed by atoms with E-state index in [2.05, 4.69) is 27.4 Å². The Balaban J connectivity index is 1.48. The molecule has 0 aliphatic carbocycles. The molecule has 6 heteroatoms. The molecule has 2 saturated heterocycles. The van der Waals surface area contributed by atoms with Crippen LogP contribution in [0.5, 0.6) is 11.6 Å². The van der Waals surface area contributed by atoms with Gasteiger partial charge in [-0.15, -0.1) is 16.1 Å². The van der Waals surface area contributed by atoms with Crippen molar-refractivity contribution in [3.63, 3.8) is 0 Å². The fourth-order valence-electron chi connectivity index (χ4n) is 3.93. The average Bonchev–Trinajstić information content (AvgIpc) is 2.67. The molecule has 1 aromatic carbocycles. The van der Waals surface area contributed by atoms with Gasteiger partial charge in [-0.25, -0.2) is 4.39 Å². The summed E-state index contributed by atoms with van der Waals surface area (Å²) in [7, 11) is 0. The molecule has 2 N–H and O–H groups in total. The fraction of sp³-hybridized carbons (Fsp3) is 0.429. The van der Waals surface area contributed by atoms with Gasteiger partial charge >= 0.3 is 0 Å².